The predicted molar refractivity (Wildman–Crippen MR) is 110 cm³/mol. The molecular weight excluding hydrogens is 466 g/mol. The van der Waals surface area contributed by atoms with Gasteiger partial charge in [-0.15, -0.1) is 0 Å². The molecule has 174 valence electrons. The highest BCUT2D eigenvalue weighted by Gasteiger charge is 2.23. The molecule has 0 fully saturated rings. The molecule has 0 unspecified atom stereocenters. The summed E-state index contributed by atoms with van der Waals surface area (Å²) < 4.78 is 85.7. The summed E-state index contributed by atoms with van der Waals surface area (Å²) in [5.41, 5.74) is 0.526. The molecule has 0 saturated carbocycles. The summed E-state index contributed by atoms with van der Waals surface area (Å²) >= 11 is 0. The van der Waals surface area contributed by atoms with Gasteiger partial charge in [0.15, 0.2) is 18.2 Å². The summed E-state index contributed by atoms with van der Waals surface area (Å²) in [5.74, 6) is -5.53. The van der Waals surface area contributed by atoms with Crippen molar-refractivity contribution < 1.29 is 40.6 Å². The van der Waals surface area contributed by atoms with E-state index in [9.17, 15) is 30.8 Å². The zero-order valence-electron chi connectivity index (χ0n) is 17.1. The molecule has 6 nitrogen and oxygen atoms in total. The zero-order chi connectivity index (χ0) is 24.3. The van der Waals surface area contributed by atoms with E-state index in [1.54, 1.807) is 0 Å². The van der Waals surface area contributed by atoms with Crippen molar-refractivity contribution in [2.45, 2.75) is 11.4 Å². The SMILES string of the molecule is CN(Cc1ccc(OCC(=O)O)c(-c2cc(F)cc(F)c2)c1)S(=O)(=O)c1ccc(F)c(F)c1. The normalized spacial score (nSPS) is 11.6. The van der Waals surface area contributed by atoms with Crippen LogP contribution in [-0.4, -0.2) is 37.5 Å². The maximum absolute atomic E-state index is 13.8. The van der Waals surface area contributed by atoms with Gasteiger partial charge in [0.25, 0.3) is 0 Å². The second-order valence-electron chi connectivity index (χ2n) is 7.01. The van der Waals surface area contributed by atoms with Gasteiger partial charge in [-0.05, 0) is 53.6 Å². The molecule has 0 aromatic heterocycles. The number of benzene rings is 3. The average Bonchev–Trinajstić information content (AvgIpc) is 2.73. The lowest BCUT2D eigenvalue weighted by Gasteiger charge is -2.19. The third-order valence-corrected chi connectivity index (χ3v) is 6.37. The quantitative estimate of drug-likeness (QED) is 0.486. The van der Waals surface area contributed by atoms with Gasteiger partial charge < -0.3 is 9.84 Å². The highest BCUT2D eigenvalue weighted by molar-refractivity contribution is 7.89. The summed E-state index contributed by atoms with van der Waals surface area (Å²) in [7, 11) is -2.99. The van der Waals surface area contributed by atoms with E-state index in [1.165, 1.54) is 25.2 Å². The van der Waals surface area contributed by atoms with Crippen molar-refractivity contribution in [3.63, 3.8) is 0 Å². The Kier molecular flexibility index (Phi) is 7.04. The Labute approximate surface area is 186 Å². The molecule has 3 aromatic carbocycles. The van der Waals surface area contributed by atoms with E-state index in [1.807, 2.05) is 0 Å². The molecule has 11 heteroatoms. The van der Waals surface area contributed by atoms with Crippen LogP contribution in [0, 0.1) is 23.3 Å². The van der Waals surface area contributed by atoms with Crippen molar-refractivity contribution in [2.75, 3.05) is 13.7 Å². The fourth-order valence-electron chi connectivity index (χ4n) is 3.04. The van der Waals surface area contributed by atoms with Gasteiger partial charge in [-0.1, -0.05) is 6.07 Å². The molecule has 33 heavy (non-hydrogen) atoms. The van der Waals surface area contributed by atoms with Crippen LogP contribution < -0.4 is 4.74 Å². The maximum Gasteiger partial charge on any atom is 0.341 e. The molecule has 3 aromatic rings. The van der Waals surface area contributed by atoms with Gasteiger partial charge in [-0.3, -0.25) is 0 Å². The number of carbonyl (C=O) groups is 1. The molecule has 0 aliphatic heterocycles. The van der Waals surface area contributed by atoms with Crippen LogP contribution in [0.4, 0.5) is 17.6 Å². The van der Waals surface area contributed by atoms with Crippen molar-refractivity contribution in [1.82, 2.24) is 4.31 Å². The Morgan fingerprint density at radius 1 is 0.939 bits per heavy atom. The largest absolute Gasteiger partial charge is 0.481 e. The first-order chi connectivity index (χ1) is 15.5. The number of rotatable bonds is 8. The van der Waals surface area contributed by atoms with E-state index < -0.39 is 50.8 Å². The minimum absolute atomic E-state index is 0.0114. The van der Waals surface area contributed by atoms with Gasteiger partial charge in [0, 0.05) is 25.2 Å². The second-order valence-corrected chi connectivity index (χ2v) is 9.05. The molecule has 0 atom stereocenters. The first kappa shape index (κ1) is 24.2. The third-order valence-electron chi connectivity index (χ3n) is 4.57. The van der Waals surface area contributed by atoms with E-state index in [2.05, 4.69) is 0 Å². The van der Waals surface area contributed by atoms with Gasteiger partial charge in [0.05, 0.1) is 4.90 Å². The Hall–Kier alpha value is -3.44. The minimum atomic E-state index is -4.20. The second kappa shape index (κ2) is 9.59. The maximum atomic E-state index is 13.8. The number of carboxylic acid groups (broad SMARTS) is 1. The zero-order valence-corrected chi connectivity index (χ0v) is 17.9. The molecule has 0 aliphatic carbocycles. The van der Waals surface area contributed by atoms with Crippen molar-refractivity contribution in [3.05, 3.63) is 83.4 Å². The Morgan fingerprint density at radius 2 is 1.61 bits per heavy atom. The van der Waals surface area contributed by atoms with Crippen LogP contribution in [0.3, 0.4) is 0 Å². The number of nitrogens with zero attached hydrogens (tertiary/aromatic N) is 1. The van der Waals surface area contributed by atoms with Gasteiger partial charge in [-0.25, -0.2) is 30.8 Å². The highest BCUT2D eigenvalue weighted by Crippen LogP contribution is 2.33. The standard InChI is InChI=1S/C22H17F4NO5S/c1-27(33(30,31)17-3-4-19(25)20(26)10-17)11-13-2-5-21(32-12-22(28)29)18(6-13)14-7-15(23)9-16(24)8-14/h2-10H,11-12H2,1H3,(H,28,29). The number of sulfonamides is 1. The van der Waals surface area contributed by atoms with Crippen molar-refractivity contribution in [2.24, 2.45) is 0 Å². The number of aliphatic carboxylic acids is 1. The first-order valence-corrected chi connectivity index (χ1v) is 10.8. The minimum Gasteiger partial charge on any atom is -0.481 e. The summed E-state index contributed by atoms with van der Waals surface area (Å²) in [6.07, 6.45) is 0. The van der Waals surface area contributed by atoms with Crippen LogP contribution >= 0.6 is 0 Å². The monoisotopic (exact) mass is 483 g/mol. The smallest absolute Gasteiger partial charge is 0.341 e. The van der Waals surface area contributed by atoms with E-state index in [0.29, 0.717) is 23.8 Å². The topological polar surface area (TPSA) is 83.9 Å². The molecule has 0 bridgehead atoms. The lowest BCUT2D eigenvalue weighted by molar-refractivity contribution is -0.139. The van der Waals surface area contributed by atoms with Gasteiger partial charge in [-0.2, -0.15) is 4.31 Å². The van der Waals surface area contributed by atoms with E-state index >= 15 is 0 Å². The van der Waals surface area contributed by atoms with Crippen LogP contribution in [0.2, 0.25) is 0 Å². The van der Waals surface area contributed by atoms with E-state index in [4.69, 9.17) is 9.84 Å². The fraction of sp³-hybridized carbons (Fsp3) is 0.136. The molecule has 0 saturated heterocycles. The average molecular weight is 483 g/mol. The summed E-state index contributed by atoms with van der Waals surface area (Å²) in [6, 6.07) is 9.04. The highest BCUT2D eigenvalue weighted by atomic mass is 32.2. The lowest BCUT2D eigenvalue weighted by Crippen LogP contribution is -2.26. The van der Waals surface area contributed by atoms with Gasteiger partial charge in [0.1, 0.15) is 17.4 Å². The molecule has 0 amide bonds. The van der Waals surface area contributed by atoms with Crippen LogP contribution in [0.1, 0.15) is 5.56 Å². The van der Waals surface area contributed by atoms with Crippen LogP contribution in [0.25, 0.3) is 11.1 Å². The molecule has 0 radical (unpaired) electrons. The Bertz CT molecular complexity index is 1290. The lowest BCUT2D eigenvalue weighted by atomic mass is 10.0. The van der Waals surface area contributed by atoms with Crippen LogP contribution in [0.15, 0.2) is 59.5 Å². The molecule has 0 heterocycles. The summed E-state index contributed by atoms with van der Waals surface area (Å²) in [6.45, 7) is -0.958. The number of ether oxygens (including phenoxy) is 1. The van der Waals surface area contributed by atoms with Crippen LogP contribution in [-0.2, 0) is 21.4 Å². The summed E-state index contributed by atoms with van der Waals surface area (Å²) in [4.78, 5) is 10.4. The van der Waals surface area contributed by atoms with Gasteiger partial charge in [0.2, 0.25) is 10.0 Å². The van der Waals surface area contributed by atoms with Crippen LogP contribution in [0.5, 0.6) is 5.75 Å². The number of hydrogen-bond acceptors (Lipinski definition) is 4. The first-order valence-electron chi connectivity index (χ1n) is 9.33. The summed E-state index contributed by atoms with van der Waals surface area (Å²) in [5, 5.41) is 8.86. The van der Waals surface area contributed by atoms with Crippen molar-refractivity contribution in [3.8, 4) is 16.9 Å². The predicted octanol–water partition coefficient (Wildman–Crippen LogP) is 4.19. The molecule has 0 spiro atoms. The Morgan fingerprint density at radius 3 is 2.21 bits per heavy atom. The van der Waals surface area contributed by atoms with E-state index in [-0.39, 0.29) is 23.4 Å². The molecule has 1 N–H and O–H groups in total. The number of hydrogen-bond donors (Lipinski definition) is 1. The Balaban J connectivity index is 1.97. The number of carboxylic acids is 1. The molecule has 3 rings (SSSR count). The molecular formula is C22H17F4NO5S. The van der Waals surface area contributed by atoms with Crippen molar-refractivity contribution >= 4 is 16.0 Å². The third kappa shape index (κ3) is 5.68. The van der Waals surface area contributed by atoms with E-state index in [0.717, 1.165) is 22.5 Å². The molecule has 0 aliphatic rings. The number of halogens is 4. The van der Waals surface area contributed by atoms with Gasteiger partial charge >= 0.3 is 5.97 Å². The fourth-order valence-corrected chi connectivity index (χ4v) is 4.21. The van der Waals surface area contributed by atoms with Crippen molar-refractivity contribution in [1.29, 1.82) is 0 Å².